The molecule has 1 amide bonds. The van der Waals surface area contributed by atoms with Crippen LogP contribution in [0.5, 0.6) is 5.75 Å². The SMILES string of the molecule is C[C@@H]1CN(C(=O)c2cc(F)cc(Cl)c2O)CCN1.Cl. The first-order valence-electron chi connectivity index (χ1n) is 5.69. The number of carbonyl (C=O) groups excluding carboxylic acids is 1. The Morgan fingerprint density at radius 1 is 1.58 bits per heavy atom. The summed E-state index contributed by atoms with van der Waals surface area (Å²) in [7, 11) is 0. The van der Waals surface area contributed by atoms with Crippen LogP contribution in [0.15, 0.2) is 12.1 Å². The van der Waals surface area contributed by atoms with E-state index < -0.39 is 11.7 Å². The normalized spacial score (nSPS) is 18.9. The van der Waals surface area contributed by atoms with E-state index in [1.54, 1.807) is 4.90 Å². The molecule has 1 fully saturated rings. The lowest BCUT2D eigenvalue weighted by Crippen LogP contribution is -2.51. The fraction of sp³-hybridized carbons (Fsp3) is 0.417. The van der Waals surface area contributed by atoms with E-state index in [-0.39, 0.29) is 34.8 Å². The summed E-state index contributed by atoms with van der Waals surface area (Å²) in [6.45, 7) is 3.68. The fourth-order valence-electron chi connectivity index (χ4n) is 2.02. The van der Waals surface area contributed by atoms with Gasteiger partial charge < -0.3 is 15.3 Å². The van der Waals surface area contributed by atoms with E-state index >= 15 is 0 Å². The molecule has 0 aromatic heterocycles. The number of piperazine rings is 1. The van der Waals surface area contributed by atoms with Gasteiger partial charge in [-0.05, 0) is 19.1 Å². The largest absolute Gasteiger partial charge is 0.506 e. The Bertz CT molecular complexity index is 485. The Morgan fingerprint density at radius 2 is 2.26 bits per heavy atom. The number of aromatic hydroxyl groups is 1. The van der Waals surface area contributed by atoms with E-state index in [1.165, 1.54) is 0 Å². The minimum atomic E-state index is -0.635. The Morgan fingerprint density at radius 3 is 2.89 bits per heavy atom. The Labute approximate surface area is 122 Å². The van der Waals surface area contributed by atoms with E-state index in [0.29, 0.717) is 19.6 Å². The number of phenols is 1. The third-order valence-electron chi connectivity index (χ3n) is 2.91. The summed E-state index contributed by atoms with van der Waals surface area (Å²) in [5.74, 6) is -1.40. The molecule has 0 radical (unpaired) electrons. The van der Waals surface area contributed by atoms with E-state index in [9.17, 15) is 14.3 Å². The lowest BCUT2D eigenvalue weighted by Gasteiger charge is -2.32. The molecule has 19 heavy (non-hydrogen) atoms. The summed E-state index contributed by atoms with van der Waals surface area (Å²) in [5, 5.41) is 12.8. The number of nitrogens with zero attached hydrogens (tertiary/aromatic N) is 1. The molecule has 0 spiro atoms. The molecule has 0 bridgehead atoms. The predicted molar refractivity (Wildman–Crippen MR) is 73.7 cm³/mol. The van der Waals surface area contributed by atoms with Crippen molar-refractivity contribution in [3.63, 3.8) is 0 Å². The molecule has 2 N–H and O–H groups in total. The molecule has 4 nitrogen and oxygen atoms in total. The summed E-state index contributed by atoms with van der Waals surface area (Å²) < 4.78 is 13.2. The summed E-state index contributed by atoms with van der Waals surface area (Å²) >= 11 is 5.66. The van der Waals surface area contributed by atoms with Crippen LogP contribution in [-0.4, -0.2) is 41.6 Å². The average molecular weight is 309 g/mol. The van der Waals surface area contributed by atoms with E-state index in [1.807, 2.05) is 6.92 Å². The van der Waals surface area contributed by atoms with Crippen LogP contribution >= 0.6 is 24.0 Å². The number of rotatable bonds is 1. The molecular weight excluding hydrogens is 294 g/mol. The highest BCUT2D eigenvalue weighted by Gasteiger charge is 2.25. The molecule has 0 aliphatic carbocycles. The topological polar surface area (TPSA) is 52.6 Å². The van der Waals surface area contributed by atoms with Crippen LogP contribution in [0.2, 0.25) is 5.02 Å². The first-order chi connectivity index (χ1) is 8.49. The van der Waals surface area contributed by atoms with Gasteiger partial charge in [0.25, 0.3) is 5.91 Å². The van der Waals surface area contributed by atoms with Crippen LogP contribution < -0.4 is 5.32 Å². The zero-order valence-electron chi connectivity index (χ0n) is 10.3. The molecule has 0 saturated carbocycles. The van der Waals surface area contributed by atoms with Gasteiger partial charge in [0.1, 0.15) is 11.6 Å². The Balaban J connectivity index is 0.00000180. The van der Waals surface area contributed by atoms with E-state index in [2.05, 4.69) is 5.32 Å². The molecule has 1 saturated heterocycles. The number of carbonyl (C=O) groups is 1. The van der Waals surface area contributed by atoms with Gasteiger partial charge in [-0.25, -0.2) is 4.39 Å². The van der Waals surface area contributed by atoms with Crippen molar-refractivity contribution < 1.29 is 14.3 Å². The smallest absolute Gasteiger partial charge is 0.257 e. The van der Waals surface area contributed by atoms with Gasteiger partial charge >= 0.3 is 0 Å². The van der Waals surface area contributed by atoms with Gasteiger partial charge in [-0.2, -0.15) is 0 Å². The average Bonchev–Trinajstić information content (AvgIpc) is 2.33. The maximum atomic E-state index is 13.2. The zero-order chi connectivity index (χ0) is 13.3. The van der Waals surface area contributed by atoms with Gasteiger partial charge in [0, 0.05) is 25.7 Å². The first-order valence-corrected chi connectivity index (χ1v) is 6.07. The number of hydrogen-bond donors (Lipinski definition) is 2. The van der Waals surface area contributed by atoms with Gasteiger partial charge in [-0.3, -0.25) is 4.79 Å². The second-order valence-electron chi connectivity index (χ2n) is 4.39. The van der Waals surface area contributed by atoms with Crippen molar-refractivity contribution in [2.75, 3.05) is 19.6 Å². The molecule has 1 aromatic carbocycles. The van der Waals surface area contributed by atoms with Crippen LogP contribution in [0, 0.1) is 5.82 Å². The number of hydrogen-bond acceptors (Lipinski definition) is 3. The number of nitrogens with one attached hydrogen (secondary N) is 1. The summed E-state index contributed by atoms with van der Waals surface area (Å²) in [5.41, 5.74) is -0.0888. The quantitative estimate of drug-likeness (QED) is 0.835. The molecular formula is C12H15Cl2FN2O2. The van der Waals surface area contributed by atoms with Gasteiger partial charge in [-0.1, -0.05) is 11.6 Å². The standard InChI is InChI=1S/C12H14ClFN2O2.ClH/c1-7-6-16(3-2-15-7)12(18)9-4-8(14)5-10(13)11(9)17;/h4-5,7,15,17H,2-3,6H2,1H3;1H/t7-;/m1./s1. The summed E-state index contributed by atoms with van der Waals surface area (Å²) in [4.78, 5) is 13.8. The van der Waals surface area contributed by atoms with Crippen molar-refractivity contribution >= 4 is 29.9 Å². The Hall–Kier alpha value is -1.04. The second kappa shape index (κ2) is 6.41. The number of amides is 1. The third-order valence-corrected chi connectivity index (χ3v) is 3.20. The third kappa shape index (κ3) is 3.49. The minimum absolute atomic E-state index is 0. The van der Waals surface area contributed by atoms with Crippen LogP contribution in [0.1, 0.15) is 17.3 Å². The molecule has 1 aromatic rings. The fourth-order valence-corrected chi connectivity index (χ4v) is 2.22. The molecule has 1 aliphatic heterocycles. The van der Waals surface area contributed by atoms with Gasteiger partial charge in [-0.15, -0.1) is 12.4 Å². The predicted octanol–water partition coefficient (Wildman–Crippen LogP) is 2.04. The lowest BCUT2D eigenvalue weighted by atomic mass is 10.1. The lowest BCUT2D eigenvalue weighted by molar-refractivity contribution is 0.0705. The molecule has 1 heterocycles. The van der Waals surface area contributed by atoms with Crippen molar-refractivity contribution in [1.29, 1.82) is 0 Å². The second-order valence-corrected chi connectivity index (χ2v) is 4.80. The van der Waals surface area contributed by atoms with Crippen molar-refractivity contribution in [3.8, 4) is 5.75 Å². The zero-order valence-corrected chi connectivity index (χ0v) is 11.9. The monoisotopic (exact) mass is 308 g/mol. The summed E-state index contributed by atoms with van der Waals surface area (Å²) in [6.07, 6.45) is 0. The van der Waals surface area contributed by atoms with Crippen molar-refractivity contribution in [1.82, 2.24) is 10.2 Å². The molecule has 2 rings (SSSR count). The molecule has 7 heteroatoms. The molecule has 0 unspecified atom stereocenters. The van der Waals surface area contributed by atoms with Gasteiger partial charge in [0.2, 0.25) is 0 Å². The number of phenolic OH excluding ortho intramolecular Hbond substituents is 1. The van der Waals surface area contributed by atoms with Crippen molar-refractivity contribution in [2.45, 2.75) is 13.0 Å². The highest BCUT2D eigenvalue weighted by atomic mass is 35.5. The van der Waals surface area contributed by atoms with Crippen LogP contribution in [0.3, 0.4) is 0 Å². The van der Waals surface area contributed by atoms with Gasteiger partial charge in [0.15, 0.2) is 0 Å². The first kappa shape index (κ1) is 16.0. The maximum Gasteiger partial charge on any atom is 0.257 e. The maximum absolute atomic E-state index is 13.2. The Kier molecular flexibility index (Phi) is 5.40. The van der Waals surface area contributed by atoms with E-state index in [0.717, 1.165) is 12.1 Å². The van der Waals surface area contributed by atoms with Crippen LogP contribution in [-0.2, 0) is 0 Å². The molecule has 106 valence electrons. The van der Waals surface area contributed by atoms with Crippen molar-refractivity contribution in [2.24, 2.45) is 0 Å². The molecule has 1 atom stereocenters. The van der Waals surface area contributed by atoms with Crippen LogP contribution in [0.4, 0.5) is 4.39 Å². The highest BCUT2D eigenvalue weighted by Crippen LogP contribution is 2.29. The molecule has 1 aliphatic rings. The number of halogens is 3. The minimum Gasteiger partial charge on any atom is -0.506 e. The van der Waals surface area contributed by atoms with E-state index in [4.69, 9.17) is 11.6 Å². The van der Waals surface area contributed by atoms with Gasteiger partial charge in [0.05, 0.1) is 10.6 Å². The van der Waals surface area contributed by atoms with Crippen LogP contribution in [0.25, 0.3) is 0 Å². The highest BCUT2D eigenvalue weighted by molar-refractivity contribution is 6.32. The van der Waals surface area contributed by atoms with Crippen molar-refractivity contribution in [3.05, 3.63) is 28.5 Å². The number of benzene rings is 1. The summed E-state index contributed by atoms with van der Waals surface area (Å²) in [6, 6.07) is 2.17.